The molecule has 0 saturated carbocycles. The molecule has 0 aliphatic carbocycles. The van der Waals surface area contributed by atoms with Crippen LogP contribution in [0.2, 0.25) is 0 Å². The van der Waals surface area contributed by atoms with Crippen molar-refractivity contribution in [2.45, 2.75) is 39.7 Å². The summed E-state index contributed by atoms with van der Waals surface area (Å²) in [5.74, 6) is -0.290. The largest absolute Gasteiger partial charge is 0.384 e. The highest BCUT2D eigenvalue weighted by atomic mass is 16.3. The molecule has 0 spiro atoms. The molecule has 1 unspecified atom stereocenters. The molecule has 1 rings (SSSR count). The van der Waals surface area contributed by atoms with Crippen LogP contribution in [0, 0.1) is 5.41 Å². The van der Waals surface area contributed by atoms with Crippen molar-refractivity contribution in [1.29, 1.82) is 0 Å². The number of hydrogen-bond donors (Lipinski definition) is 3. The number of carbonyl (C=O) groups excluding carboxylic acids is 2. The van der Waals surface area contributed by atoms with Crippen molar-refractivity contribution >= 4 is 11.8 Å². The Morgan fingerprint density at radius 3 is 2.18 bits per heavy atom. The molecule has 5 heteroatoms. The third-order valence-corrected chi connectivity index (χ3v) is 3.34. The molecule has 3 N–H and O–H groups in total. The maximum Gasteiger partial charge on any atom is 0.225 e. The van der Waals surface area contributed by atoms with Gasteiger partial charge in [0.25, 0.3) is 0 Å². The number of rotatable bonds is 6. The minimum Gasteiger partial charge on any atom is -0.384 e. The molecule has 1 aromatic rings. The average Bonchev–Trinajstić information content (AvgIpc) is 2.45. The van der Waals surface area contributed by atoms with Gasteiger partial charge in [-0.1, -0.05) is 51.1 Å². The fraction of sp³-hybridized carbons (Fsp3) is 0.529. The molecule has 0 aliphatic heterocycles. The molecule has 0 fully saturated rings. The summed E-state index contributed by atoms with van der Waals surface area (Å²) in [6, 6.07) is 9.18. The van der Waals surface area contributed by atoms with Gasteiger partial charge in [0.2, 0.25) is 11.8 Å². The van der Waals surface area contributed by atoms with E-state index in [1.807, 2.05) is 51.1 Å². The number of benzene rings is 1. The standard InChI is InChI=1S/C17H26N2O3/c1-16(2,3)15(21)18-11-10-14(20)19-12-17(4,22)13-8-6-5-7-9-13/h5-9,22H,10-12H2,1-4H3,(H,18,21)(H,19,20). The molecule has 5 nitrogen and oxygen atoms in total. The number of carbonyl (C=O) groups is 2. The van der Waals surface area contributed by atoms with Gasteiger partial charge in [-0.3, -0.25) is 9.59 Å². The van der Waals surface area contributed by atoms with Gasteiger partial charge in [-0.25, -0.2) is 0 Å². The quantitative estimate of drug-likeness (QED) is 0.746. The van der Waals surface area contributed by atoms with Crippen LogP contribution in [0.4, 0.5) is 0 Å². The van der Waals surface area contributed by atoms with Crippen LogP contribution in [0.3, 0.4) is 0 Å². The van der Waals surface area contributed by atoms with Gasteiger partial charge in [0.15, 0.2) is 0 Å². The molecule has 0 saturated heterocycles. The molecule has 1 atom stereocenters. The fourth-order valence-corrected chi connectivity index (χ4v) is 1.81. The zero-order valence-electron chi connectivity index (χ0n) is 13.8. The van der Waals surface area contributed by atoms with Crippen LogP contribution in [0.15, 0.2) is 30.3 Å². The van der Waals surface area contributed by atoms with Crippen LogP contribution < -0.4 is 10.6 Å². The molecule has 2 amide bonds. The second kappa shape index (κ2) is 7.40. The SMILES string of the molecule is CC(C)(C)C(=O)NCCC(=O)NCC(C)(O)c1ccccc1. The van der Waals surface area contributed by atoms with Gasteiger partial charge in [-0.05, 0) is 12.5 Å². The average molecular weight is 306 g/mol. The molecule has 0 aliphatic rings. The Morgan fingerprint density at radius 1 is 1.05 bits per heavy atom. The van der Waals surface area contributed by atoms with E-state index in [0.29, 0.717) is 0 Å². The number of hydrogen-bond acceptors (Lipinski definition) is 3. The molecule has 0 heterocycles. The van der Waals surface area contributed by atoms with Crippen molar-refractivity contribution in [3.05, 3.63) is 35.9 Å². The molecular weight excluding hydrogens is 280 g/mol. The van der Waals surface area contributed by atoms with E-state index in [0.717, 1.165) is 5.56 Å². The van der Waals surface area contributed by atoms with Gasteiger partial charge in [0.1, 0.15) is 5.60 Å². The van der Waals surface area contributed by atoms with Crippen LogP contribution in [0.25, 0.3) is 0 Å². The minimum atomic E-state index is -1.12. The van der Waals surface area contributed by atoms with Crippen LogP contribution in [-0.4, -0.2) is 30.0 Å². The maximum absolute atomic E-state index is 11.8. The summed E-state index contributed by atoms with van der Waals surface area (Å²) >= 11 is 0. The normalized spacial score (nSPS) is 14.0. The summed E-state index contributed by atoms with van der Waals surface area (Å²) in [5, 5.41) is 15.8. The first-order valence-corrected chi connectivity index (χ1v) is 7.46. The molecular formula is C17H26N2O3. The summed E-state index contributed by atoms with van der Waals surface area (Å²) in [4.78, 5) is 23.4. The second-order valence-electron chi connectivity index (χ2n) is 6.67. The smallest absolute Gasteiger partial charge is 0.225 e. The fourth-order valence-electron chi connectivity index (χ4n) is 1.81. The summed E-state index contributed by atoms with van der Waals surface area (Å²) in [6.07, 6.45) is 0.187. The number of aliphatic hydroxyl groups is 1. The molecule has 0 bridgehead atoms. The van der Waals surface area contributed by atoms with Gasteiger partial charge in [-0.15, -0.1) is 0 Å². The highest BCUT2D eigenvalue weighted by Gasteiger charge is 2.24. The van der Waals surface area contributed by atoms with Gasteiger partial charge in [0.05, 0.1) is 6.54 Å². The van der Waals surface area contributed by atoms with Gasteiger partial charge in [-0.2, -0.15) is 0 Å². The van der Waals surface area contributed by atoms with E-state index in [-0.39, 0.29) is 31.3 Å². The van der Waals surface area contributed by atoms with Crippen molar-refractivity contribution in [2.24, 2.45) is 5.41 Å². The first kappa shape index (κ1) is 18.2. The highest BCUT2D eigenvalue weighted by molar-refractivity contribution is 5.82. The van der Waals surface area contributed by atoms with E-state index in [4.69, 9.17) is 0 Å². The van der Waals surface area contributed by atoms with Crippen molar-refractivity contribution < 1.29 is 14.7 Å². The molecule has 122 valence electrons. The zero-order valence-corrected chi connectivity index (χ0v) is 13.8. The Hall–Kier alpha value is -1.88. The molecule has 0 radical (unpaired) electrons. The number of nitrogens with one attached hydrogen (secondary N) is 2. The van der Waals surface area contributed by atoms with Crippen LogP contribution in [-0.2, 0) is 15.2 Å². The molecule has 1 aromatic carbocycles. The summed E-state index contributed by atoms with van der Waals surface area (Å²) in [5.41, 5.74) is -0.838. The Labute approximate surface area is 132 Å². The number of amides is 2. The lowest BCUT2D eigenvalue weighted by atomic mass is 9.95. The van der Waals surface area contributed by atoms with E-state index >= 15 is 0 Å². The van der Waals surface area contributed by atoms with Crippen molar-refractivity contribution in [3.63, 3.8) is 0 Å². The van der Waals surface area contributed by atoms with Crippen LogP contribution in [0.1, 0.15) is 39.7 Å². The third kappa shape index (κ3) is 5.85. The molecule has 22 heavy (non-hydrogen) atoms. The topological polar surface area (TPSA) is 78.4 Å². The Morgan fingerprint density at radius 2 is 1.64 bits per heavy atom. The Balaban J connectivity index is 2.36. The zero-order chi connectivity index (χ0) is 16.8. The molecule has 0 aromatic heterocycles. The first-order valence-electron chi connectivity index (χ1n) is 7.46. The second-order valence-corrected chi connectivity index (χ2v) is 6.67. The van der Waals surface area contributed by atoms with Gasteiger partial charge < -0.3 is 15.7 Å². The van der Waals surface area contributed by atoms with Crippen LogP contribution in [0.5, 0.6) is 0 Å². The van der Waals surface area contributed by atoms with E-state index in [1.54, 1.807) is 6.92 Å². The third-order valence-electron chi connectivity index (χ3n) is 3.34. The van der Waals surface area contributed by atoms with Crippen molar-refractivity contribution in [1.82, 2.24) is 10.6 Å². The van der Waals surface area contributed by atoms with E-state index in [2.05, 4.69) is 10.6 Å². The lowest BCUT2D eigenvalue weighted by molar-refractivity contribution is -0.128. The predicted molar refractivity (Wildman–Crippen MR) is 86.1 cm³/mol. The van der Waals surface area contributed by atoms with Gasteiger partial charge >= 0.3 is 0 Å². The lowest BCUT2D eigenvalue weighted by Gasteiger charge is -2.24. The maximum atomic E-state index is 11.8. The van der Waals surface area contributed by atoms with Crippen LogP contribution >= 0.6 is 0 Å². The van der Waals surface area contributed by atoms with Gasteiger partial charge in [0, 0.05) is 18.4 Å². The summed E-state index contributed by atoms with van der Waals surface area (Å²) in [7, 11) is 0. The lowest BCUT2D eigenvalue weighted by Crippen LogP contribution is -2.41. The Bertz CT molecular complexity index is 504. The monoisotopic (exact) mass is 306 g/mol. The Kier molecular flexibility index (Phi) is 6.11. The van der Waals surface area contributed by atoms with Crippen molar-refractivity contribution in [3.8, 4) is 0 Å². The predicted octanol–water partition coefficient (Wildman–Crippen LogP) is 1.56. The van der Waals surface area contributed by atoms with E-state index < -0.39 is 11.0 Å². The van der Waals surface area contributed by atoms with E-state index in [1.165, 1.54) is 0 Å². The summed E-state index contributed by atoms with van der Waals surface area (Å²) < 4.78 is 0. The van der Waals surface area contributed by atoms with E-state index in [9.17, 15) is 14.7 Å². The first-order chi connectivity index (χ1) is 10.1. The minimum absolute atomic E-state index is 0.0865. The summed E-state index contributed by atoms with van der Waals surface area (Å²) in [6.45, 7) is 7.53. The van der Waals surface area contributed by atoms with Crippen molar-refractivity contribution in [2.75, 3.05) is 13.1 Å². The highest BCUT2D eigenvalue weighted by Crippen LogP contribution is 2.18.